The van der Waals surface area contributed by atoms with E-state index in [0.717, 1.165) is 61.5 Å². The number of nitrogens with zero attached hydrogens (tertiary/aromatic N) is 2. The molecule has 0 atom stereocenters. The largest absolute Gasteiger partial charge is 0.507 e. The molecule has 2 N–H and O–H groups in total. The first-order valence-electron chi connectivity index (χ1n) is 9.36. The zero-order valence-electron chi connectivity index (χ0n) is 16.3. The minimum atomic E-state index is 0.416. The fraction of sp³-hybridized carbons (Fsp3) is 0.455. The molecule has 0 aromatic heterocycles. The minimum absolute atomic E-state index is 0.416. The summed E-state index contributed by atoms with van der Waals surface area (Å²) < 4.78 is 0. The Morgan fingerprint density at radius 3 is 1.58 bits per heavy atom. The monoisotopic (exact) mass is 354 g/mol. The number of aryl methyl sites for hydroxylation is 4. The van der Waals surface area contributed by atoms with Gasteiger partial charge in [0, 0.05) is 37.3 Å². The molecule has 0 bridgehead atoms. The third-order valence-electron chi connectivity index (χ3n) is 5.18. The van der Waals surface area contributed by atoms with E-state index >= 15 is 0 Å². The average molecular weight is 354 g/mol. The average Bonchev–Trinajstić information content (AvgIpc) is 2.57. The quantitative estimate of drug-likeness (QED) is 0.871. The van der Waals surface area contributed by atoms with Crippen LogP contribution in [0.1, 0.15) is 39.8 Å². The highest BCUT2D eigenvalue weighted by atomic mass is 16.3. The van der Waals surface area contributed by atoms with Gasteiger partial charge >= 0.3 is 0 Å². The van der Waals surface area contributed by atoms with Gasteiger partial charge in [-0.25, -0.2) is 0 Å². The van der Waals surface area contributed by atoms with Crippen LogP contribution in [-0.2, 0) is 13.1 Å². The minimum Gasteiger partial charge on any atom is -0.507 e. The van der Waals surface area contributed by atoms with Gasteiger partial charge in [-0.15, -0.1) is 0 Å². The summed E-state index contributed by atoms with van der Waals surface area (Å²) in [6.45, 7) is 12.5. The van der Waals surface area contributed by atoms with Crippen LogP contribution in [0.15, 0.2) is 24.3 Å². The molecule has 2 aromatic carbocycles. The molecule has 0 aliphatic carbocycles. The molecular formula is C22H30N2O2. The molecule has 4 heteroatoms. The van der Waals surface area contributed by atoms with Crippen molar-refractivity contribution in [3.05, 3.63) is 57.6 Å². The SMILES string of the molecule is Cc1cc(C)c(O)c(CN2CCCN(Cc3cc(C)cc(C)c3O)C2)c1. The summed E-state index contributed by atoms with van der Waals surface area (Å²) in [6.07, 6.45) is 1.09. The van der Waals surface area contributed by atoms with Gasteiger partial charge in [-0.2, -0.15) is 0 Å². The molecule has 0 spiro atoms. The first-order valence-corrected chi connectivity index (χ1v) is 9.36. The normalized spacial score (nSPS) is 16.2. The van der Waals surface area contributed by atoms with Crippen LogP contribution >= 0.6 is 0 Å². The van der Waals surface area contributed by atoms with Crippen molar-refractivity contribution in [2.75, 3.05) is 19.8 Å². The van der Waals surface area contributed by atoms with E-state index in [2.05, 4.69) is 35.8 Å². The van der Waals surface area contributed by atoms with E-state index in [1.807, 2.05) is 26.0 Å². The van der Waals surface area contributed by atoms with Crippen molar-refractivity contribution < 1.29 is 10.2 Å². The molecule has 3 rings (SSSR count). The van der Waals surface area contributed by atoms with Gasteiger partial charge in [0.1, 0.15) is 11.5 Å². The van der Waals surface area contributed by atoms with Crippen LogP contribution in [0.2, 0.25) is 0 Å². The molecule has 1 aliphatic rings. The molecule has 0 amide bonds. The number of hydrogen-bond acceptors (Lipinski definition) is 4. The predicted molar refractivity (Wildman–Crippen MR) is 105 cm³/mol. The van der Waals surface area contributed by atoms with Crippen molar-refractivity contribution in [1.29, 1.82) is 0 Å². The van der Waals surface area contributed by atoms with E-state index < -0.39 is 0 Å². The lowest BCUT2D eigenvalue weighted by Gasteiger charge is -2.36. The van der Waals surface area contributed by atoms with Crippen molar-refractivity contribution in [3.8, 4) is 11.5 Å². The third-order valence-corrected chi connectivity index (χ3v) is 5.18. The lowest BCUT2D eigenvalue weighted by Crippen LogP contribution is -2.43. The Morgan fingerprint density at radius 1 is 0.731 bits per heavy atom. The van der Waals surface area contributed by atoms with Gasteiger partial charge in [-0.1, -0.05) is 35.4 Å². The van der Waals surface area contributed by atoms with E-state index in [1.165, 1.54) is 11.1 Å². The highest BCUT2D eigenvalue weighted by Crippen LogP contribution is 2.28. The van der Waals surface area contributed by atoms with E-state index in [1.54, 1.807) is 0 Å². The van der Waals surface area contributed by atoms with E-state index in [9.17, 15) is 10.2 Å². The van der Waals surface area contributed by atoms with Crippen LogP contribution in [0.4, 0.5) is 0 Å². The number of phenols is 2. The summed E-state index contributed by atoms with van der Waals surface area (Å²) in [6, 6.07) is 8.20. The smallest absolute Gasteiger partial charge is 0.122 e. The second-order valence-electron chi connectivity index (χ2n) is 7.78. The molecule has 4 nitrogen and oxygen atoms in total. The van der Waals surface area contributed by atoms with Gasteiger partial charge in [0.05, 0.1) is 6.67 Å². The molecule has 0 unspecified atom stereocenters. The van der Waals surface area contributed by atoms with Crippen molar-refractivity contribution >= 4 is 0 Å². The van der Waals surface area contributed by atoms with E-state index in [-0.39, 0.29) is 0 Å². The topological polar surface area (TPSA) is 46.9 Å². The molecule has 1 saturated heterocycles. The summed E-state index contributed by atoms with van der Waals surface area (Å²) in [7, 11) is 0. The first kappa shape index (κ1) is 18.7. The van der Waals surface area contributed by atoms with Crippen LogP contribution < -0.4 is 0 Å². The summed E-state index contributed by atoms with van der Waals surface area (Å²) >= 11 is 0. The standard InChI is InChI=1S/C22H30N2O2/c1-15-8-17(3)21(25)19(10-15)12-23-6-5-7-24(14-23)13-20-11-16(2)9-18(4)22(20)26/h8-11,25-26H,5-7,12-14H2,1-4H3. The zero-order valence-corrected chi connectivity index (χ0v) is 16.3. The maximum atomic E-state index is 10.4. The highest BCUT2D eigenvalue weighted by Gasteiger charge is 2.20. The maximum Gasteiger partial charge on any atom is 0.122 e. The fourth-order valence-electron chi connectivity index (χ4n) is 4.02. The summed E-state index contributed by atoms with van der Waals surface area (Å²) in [4.78, 5) is 4.74. The van der Waals surface area contributed by atoms with Crippen molar-refractivity contribution in [2.45, 2.75) is 47.2 Å². The number of phenolic OH excluding ortho intramolecular Hbond substituents is 2. The number of hydrogen-bond donors (Lipinski definition) is 2. The second-order valence-corrected chi connectivity index (χ2v) is 7.78. The third kappa shape index (κ3) is 4.19. The summed E-state index contributed by atoms with van der Waals surface area (Å²) in [5, 5.41) is 20.8. The highest BCUT2D eigenvalue weighted by molar-refractivity contribution is 5.43. The van der Waals surface area contributed by atoms with Crippen molar-refractivity contribution in [1.82, 2.24) is 9.80 Å². The molecule has 1 heterocycles. The summed E-state index contributed by atoms with van der Waals surface area (Å²) in [5.41, 5.74) is 6.24. The zero-order chi connectivity index (χ0) is 18.8. The van der Waals surface area contributed by atoms with Crippen molar-refractivity contribution in [3.63, 3.8) is 0 Å². The molecule has 0 saturated carbocycles. The number of benzene rings is 2. The Hall–Kier alpha value is -2.04. The lowest BCUT2D eigenvalue weighted by molar-refractivity contribution is 0.0734. The number of rotatable bonds is 4. The molecule has 26 heavy (non-hydrogen) atoms. The number of aromatic hydroxyl groups is 2. The Labute approximate surface area is 156 Å². The van der Waals surface area contributed by atoms with Crippen LogP contribution in [0.25, 0.3) is 0 Å². The van der Waals surface area contributed by atoms with Gasteiger partial charge in [0.2, 0.25) is 0 Å². The van der Waals surface area contributed by atoms with Crippen molar-refractivity contribution in [2.24, 2.45) is 0 Å². The predicted octanol–water partition coefficient (Wildman–Crippen LogP) is 4.00. The molecule has 2 aromatic rings. The fourth-order valence-corrected chi connectivity index (χ4v) is 4.02. The Bertz CT molecular complexity index is 736. The Morgan fingerprint density at radius 2 is 1.15 bits per heavy atom. The van der Waals surface area contributed by atoms with Gasteiger partial charge in [-0.05, 0) is 45.2 Å². The van der Waals surface area contributed by atoms with E-state index in [4.69, 9.17) is 0 Å². The van der Waals surface area contributed by atoms with Crippen LogP contribution in [-0.4, -0.2) is 39.8 Å². The van der Waals surface area contributed by atoms with Gasteiger partial charge in [0.15, 0.2) is 0 Å². The van der Waals surface area contributed by atoms with Crippen LogP contribution in [0.3, 0.4) is 0 Å². The second kappa shape index (κ2) is 7.68. The van der Waals surface area contributed by atoms with Gasteiger partial charge in [0.25, 0.3) is 0 Å². The van der Waals surface area contributed by atoms with Gasteiger partial charge < -0.3 is 10.2 Å². The Balaban J connectivity index is 1.70. The molecule has 1 aliphatic heterocycles. The Kier molecular flexibility index (Phi) is 5.54. The molecule has 1 fully saturated rings. The van der Waals surface area contributed by atoms with Crippen LogP contribution in [0.5, 0.6) is 11.5 Å². The molecular weight excluding hydrogens is 324 g/mol. The van der Waals surface area contributed by atoms with Crippen LogP contribution in [0, 0.1) is 27.7 Å². The van der Waals surface area contributed by atoms with Gasteiger partial charge in [-0.3, -0.25) is 9.80 Å². The summed E-state index contributed by atoms with van der Waals surface area (Å²) in [5.74, 6) is 0.833. The maximum absolute atomic E-state index is 10.4. The van der Waals surface area contributed by atoms with E-state index in [0.29, 0.717) is 11.5 Å². The molecule has 140 valence electrons. The lowest BCUT2D eigenvalue weighted by atomic mass is 10.0. The first-order chi connectivity index (χ1) is 12.3. The molecule has 0 radical (unpaired) electrons.